The summed E-state index contributed by atoms with van der Waals surface area (Å²) in [4.78, 5) is 24.0. The second-order valence-corrected chi connectivity index (χ2v) is 6.93. The molecule has 7 heteroatoms. The maximum Gasteiger partial charge on any atom is 0.307 e. The Balaban J connectivity index is 1.70. The summed E-state index contributed by atoms with van der Waals surface area (Å²) in [5.74, 6) is -2.46. The molecule has 2 aromatic carbocycles. The molecule has 2 aromatic rings. The van der Waals surface area contributed by atoms with E-state index in [2.05, 4.69) is 5.32 Å². The first-order chi connectivity index (χ1) is 12.3. The van der Waals surface area contributed by atoms with E-state index in [0.717, 1.165) is 23.3 Å². The lowest BCUT2D eigenvalue weighted by Crippen LogP contribution is -2.21. The molecule has 0 aliphatic heterocycles. The number of hydrogen-bond acceptors (Lipinski definition) is 4. The van der Waals surface area contributed by atoms with Gasteiger partial charge in [0.2, 0.25) is 0 Å². The van der Waals surface area contributed by atoms with Crippen LogP contribution in [-0.2, 0) is 14.3 Å². The molecule has 1 amide bonds. The van der Waals surface area contributed by atoms with Crippen molar-refractivity contribution in [3.8, 4) is 0 Å². The number of nitrogens with one attached hydrogen (secondary N) is 1. The number of carbonyl (C=O) groups is 2. The summed E-state index contributed by atoms with van der Waals surface area (Å²) in [6.45, 7) is 3.47. The molecule has 0 atom stereocenters. The van der Waals surface area contributed by atoms with E-state index in [4.69, 9.17) is 4.74 Å². The van der Waals surface area contributed by atoms with Gasteiger partial charge in [-0.25, -0.2) is 8.78 Å². The minimum atomic E-state index is -0.930. The topological polar surface area (TPSA) is 55.4 Å². The van der Waals surface area contributed by atoms with Crippen molar-refractivity contribution in [2.24, 2.45) is 0 Å². The van der Waals surface area contributed by atoms with Crippen molar-refractivity contribution < 1.29 is 23.1 Å². The molecule has 0 heterocycles. The number of halogens is 2. The highest BCUT2D eigenvalue weighted by atomic mass is 32.2. The van der Waals surface area contributed by atoms with Gasteiger partial charge in [0.1, 0.15) is 0 Å². The van der Waals surface area contributed by atoms with Crippen LogP contribution in [0.15, 0.2) is 41.3 Å². The van der Waals surface area contributed by atoms with Crippen LogP contribution in [-0.4, -0.2) is 24.2 Å². The van der Waals surface area contributed by atoms with Crippen molar-refractivity contribution in [3.05, 3.63) is 59.2 Å². The molecule has 0 unspecified atom stereocenters. The van der Waals surface area contributed by atoms with E-state index in [1.165, 1.54) is 17.8 Å². The highest BCUT2D eigenvalue weighted by Crippen LogP contribution is 2.21. The van der Waals surface area contributed by atoms with Gasteiger partial charge in [0, 0.05) is 16.3 Å². The van der Waals surface area contributed by atoms with E-state index in [1.807, 2.05) is 32.0 Å². The molecule has 138 valence electrons. The zero-order chi connectivity index (χ0) is 19.1. The maximum absolute atomic E-state index is 13.1. The average molecular weight is 379 g/mol. The lowest BCUT2D eigenvalue weighted by atomic mass is 10.1. The monoisotopic (exact) mass is 379 g/mol. The van der Waals surface area contributed by atoms with Crippen molar-refractivity contribution in [2.45, 2.75) is 25.2 Å². The second kappa shape index (κ2) is 9.33. The standard InChI is InChI=1S/C19H19F2NO3S/c1-12-7-13(2)9-14(8-12)22-18(23)11-25-19(24)5-6-26-15-3-4-16(20)17(21)10-15/h3-4,7-10H,5-6,11H2,1-2H3,(H,22,23). The van der Waals surface area contributed by atoms with Gasteiger partial charge >= 0.3 is 5.97 Å². The summed E-state index contributed by atoms with van der Waals surface area (Å²) in [5.41, 5.74) is 2.69. The minimum absolute atomic E-state index is 0.0560. The van der Waals surface area contributed by atoms with Gasteiger partial charge in [0.25, 0.3) is 5.91 Å². The second-order valence-electron chi connectivity index (χ2n) is 5.76. The zero-order valence-corrected chi connectivity index (χ0v) is 15.3. The Hall–Kier alpha value is -2.41. The SMILES string of the molecule is Cc1cc(C)cc(NC(=O)COC(=O)CCSc2ccc(F)c(F)c2)c1. The number of anilines is 1. The number of benzene rings is 2. The maximum atomic E-state index is 13.1. The number of rotatable bonds is 7. The molecule has 4 nitrogen and oxygen atoms in total. The quantitative estimate of drug-likeness (QED) is 0.577. The van der Waals surface area contributed by atoms with Crippen molar-refractivity contribution >= 4 is 29.3 Å². The third-order valence-corrected chi connectivity index (χ3v) is 4.33. The molecule has 0 bridgehead atoms. The number of hydrogen-bond donors (Lipinski definition) is 1. The molecule has 0 aliphatic carbocycles. The van der Waals surface area contributed by atoms with E-state index in [0.29, 0.717) is 16.3 Å². The van der Waals surface area contributed by atoms with Gasteiger partial charge in [-0.05, 0) is 55.3 Å². The van der Waals surface area contributed by atoms with Crippen LogP contribution in [0.3, 0.4) is 0 Å². The zero-order valence-electron chi connectivity index (χ0n) is 14.5. The number of ether oxygens (including phenoxy) is 1. The number of carbonyl (C=O) groups excluding carboxylic acids is 2. The summed E-state index contributed by atoms with van der Waals surface area (Å²) in [5, 5.41) is 2.67. The largest absolute Gasteiger partial charge is 0.456 e. The molecular weight excluding hydrogens is 360 g/mol. The van der Waals surface area contributed by atoms with E-state index < -0.39 is 23.5 Å². The summed E-state index contributed by atoms with van der Waals surface area (Å²) >= 11 is 1.20. The Morgan fingerprint density at radius 2 is 1.73 bits per heavy atom. The van der Waals surface area contributed by atoms with Gasteiger partial charge in [0.15, 0.2) is 18.2 Å². The van der Waals surface area contributed by atoms with Crippen LogP contribution in [0.1, 0.15) is 17.5 Å². The third-order valence-electron chi connectivity index (χ3n) is 3.34. The van der Waals surface area contributed by atoms with Crippen LogP contribution in [0.5, 0.6) is 0 Å². The van der Waals surface area contributed by atoms with Crippen LogP contribution in [0, 0.1) is 25.5 Å². The number of amides is 1. The van der Waals surface area contributed by atoms with E-state index >= 15 is 0 Å². The fourth-order valence-corrected chi connectivity index (χ4v) is 3.14. The van der Waals surface area contributed by atoms with Gasteiger partial charge in [-0.1, -0.05) is 6.07 Å². The number of esters is 1. The highest BCUT2D eigenvalue weighted by molar-refractivity contribution is 7.99. The van der Waals surface area contributed by atoms with Crippen molar-refractivity contribution in [1.82, 2.24) is 0 Å². The fourth-order valence-electron chi connectivity index (χ4n) is 2.28. The molecule has 0 saturated carbocycles. The van der Waals surface area contributed by atoms with Gasteiger partial charge < -0.3 is 10.1 Å². The summed E-state index contributed by atoms with van der Waals surface area (Å²) in [6, 6.07) is 9.18. The molecule has 2 rings (SSSR count). The Labute approximate surface area is 154 Å². The molecule has 0 aromatic heterocycles. The first kappa shape index (κ1) is 19.9. The van der Waals surface area contributed by atoms with Crippen LogP contribution in [0.25, 0.3) is 0 Å². The van der Waals surface area contributed by atoms with Gasteiger partial charge in [-0.15, -0.1) is 11.8 Å². The number of thioether (sulfide) groups is 1. The predicted molar refractivity (Wildman–Crippen MR) is 97.2 cm³/mol. The summed E-state index contributed by atoms with van der Waals surface area (Å²) in [6.07, 6.45) is 0.0560. The first-order valence-electron chi connectivity index (χ1n) is 7.95. The lowest BCUT2D eigenvalue weighted by molar-refractivity contribution is -0.146. The normalized spacial score (nSPS) is 10.5. The molecule has 1 N–H and O–H groups in total. The Bertz CT molecular complexity index is 791. The Kier molecular flexibility index (Phi) is 7.15. The van der Waals surface area contributed by atoms with Crippen molar-refractivity contribution in [2.75, 3.05) is 17.7 Å². The first-order valence-corrected chi connectivity index (χ1v) is 8.93. The number of aryl methyl sites for hydroxylation is 2. The smallest absolute Gasteiger partial charge is 0.307 e. The van der Waals surface area contributed by atoms with Crippen molar-refractivity contribution in [1.29, 1.82) is 0 Å². The molecule has 0 saturated heterocycles. The molecular formula is C19H19F2NO3S. The average Bonchev–Trinajstić information content (AvgIpc) is 2.55. The molecule has 0 radical (unpaired) electrons. The predicted octanol–water partition coefficient (Wildman–Crippen LogP) is 4.25. The van der Waals surface area contributed by atoms with Crippen molar-refractivity contribution in [3.63, 3.8) is 0 Å². The third kappa shape index (κ3) is 6.48. The fraction of sp³-hybridized carbons (Fsp3) is 0.263. The van der Waals surface area contributed by atoms with Crippen LogP contribution >= 0.6 is 11.8 Å². The van der Waals surface area contributed by atoms with E-state index in [-0.39, 0.29) is 13.0 Å². The highest BCUT2D eigenvalue weighted by Gasteiger charge is 2.09. The molecule has 0 aliphatic rings. The lowest BCUT2D eigenvalue weighted by Gasteiger charge is -2.08. The Morgan fingerprint density at radius 1 is 1.04 bits per heavy atom. The molecule has 0 fully saturated rings. The summed E-state index contributed by atoms with van der Waals surface area (Å²) in [7, 11) is 0. The Morgan fingerprint density at radius 3 is 2.38 bits per heavy atom. The van der Waals surface area contributed by atoms with Crippen LogP contribution in [0.2, 0.25) is 0 Å². The van der Waals surface area contributed by atoms with Gasteiger partial charge in [-0.3, -0.25) is 9.59 Å². The van der Waals surface area contributed by atoms with Crippen LogP contribution < -0.4 is 5.32 Å². The molecule has 0 spiro atoms. The van der Waals surface area contributed by atoms with Gasteiger partial charge in [-0.2, -0.15) is 0 Å². The summed E-state index contributed by atoms with van der Waals surface area (Å²) < 4.78 is 30.8. The van der Waals surface area contributed by atoms with Gasteiger partial charge in [0.05, 0.1) is 6.42 Å². The molecule has 26 heavy (non-hydrogen) atoms. The van der Waals surface area contributed by atoms with E-state index in [1.54, 1.807) is 0 Å². The minimum Gasteiger partial charge on any atom is -0.456 e. The van der Waals surface area contributed by atoms with Crippen LogP contribution in [0.4, 0.5) is 14.5 Å². The van der Waals surface area contributed by atoms with E-state index in [9.17, 15) is 18.4 Å².